The average Bonchev–Trinajstić information content (AvgIpc) is 3.53. The molecule has 1 saturated heterocycles. The van der Waals surface area contributed by atoms with Crippen LogP contribution in [0.4, 0.5) is 17.3 Å². The second-order valence-corrected chi connectivity index (χ2v) is 11.5. The highest BCUT2D eigenvalue weighted by Crippen LogP contribution is 2.41. The molecule has 3 aromatic heterocycles. The van der Waals surface area contributed by atoms with E-state index in [0.29, 0.717) is 47.8 Å². The number of nitrogens with zero attached hydrogens (tertiary/aromatic N) is 5. The number of carbonyl (C=O) groups excluding carboxylic acids is 2. The van der Waals surface area contributed by atoms with Gasteiger partial charge in [-0.25, -0.2) is 9.97 Å². The maximum Gasteiger partial charge on any atom is 0.263 e. The van der Waals surface area contributed by atoms with Gasteiger partial charge in [0, 0.05) is 53.4 Å². The molecule has 2 atom stereocenters. The molecule has 0 saturated carbocycles. The molecule has 3 N–H and O–H groups in total. The van der Waals surface area contributed by atoms with Crippen LogP contribution < -0.4 is 16.0 Å². The van der Waals surface area contributed by atoms with Crippen LogP contribution in [0.2, 0.25) is 5.28 Å². The zero-order valence-electron chi connectivity index (χ0n) is 21.9. The van der Waals surface area contributed by atoms with Crippen molar-refractivity contribution in [1.29, 1.82) is 0 Å². The van der Waals surface area contributed by atoms with Crippen molar-refractivity contribution < 1.29 is 9.59 Å². The number of benzene rings is 1. The van der Waals surface area contributed by atoms with Gasteiger partial charge in [-0.05, 0) is 62.8 Å². The third kappa shape index (κ3) is 4.75. The number of hydrogen-bond acceptors (Lipinski definition) is 9. The third-order valence-corrected chi connectivity index (χ3v) is 8.83. The zero-order valence-corrected chi connectivity index (χ0v) is 23.5. The number of pyridine rings is 1. The number of rotatable bonds is 5. The number of thiophene rings is 1. The molecule has 6 rings (SSSR count). The summed E-state index contributed by atoms with van der Waals surface area (Å²) in [5, 5.41) is 11.8. The molecule has 39 heavy (non-hydrogen) atoms. The number of carbonyl (C=O) groups is 2. The highest BCUT2D eigenvalue weighted by atomic mass is 35.5. The molecule has 1 fully saturated rings. The van der Waals surface area contributed by atoms with Crippen molar-refractivity contribution in [2.24, 2.45) is 0 Å². The summed E-state index contributed by atoms with van der Waals surface area (Å²) in [7, 11) is 4.05. The van der Waals surface area contributed by atoms with E-state index in [0.717, 1.165) is 39.5 Å². The zero-order chi connectivity index (χ0) is 27.3. The van der Waals surface area contributed by atoms with Gasteiger partial charge in [0.1, 0.15) is 22.1 Å². The number of amides is 2. The summed E-state index contributed by atoms with van der Waals surface area (Å²) in [4.78, 5) is 44.1. The molecule has 0 radical (unpaired) electrons. The monoisotopic (exact) mass is 564 g/mol. The Labute approximate surface area is 234 Å². The highest BCUT2D eigenvalue weighted by molar-refractivity contribution is 7.21. The van der Waals surface area contributed by atoms with Gasteiger partial charge in [-0.15, -0.1) is 11.3 Å². The van der Waals surface area contributed by atoms with E-state index < -0.39 is 0 Å². The molecule has 5 heterocycles. The molecule has 4 aromatic rings. The Morgan fingerprint density at radius 3 is 2.87 bits per heavy atom. The lowest BCUT2D eigenvalue weighted by atomic mass is 10.1. The molecule has 12 heteroatoms. The van der Waals surface area contributed by atoms with E-state index in [1.165, 1.54) is 17.5 Å². The van der Waals surface area contributed by atoms with Crippen LogP contribution in [0.15, 0.2) is 30.5 Å². The molecule has 0 spiro atoms. The molecule has 0 unspecified atom stereocenters. The molecule has 10 nitrogen and oxygen atoms in total. The van der Waals surface area contributed by atoms with Gasteiger partial charge in [-0.1, -0.05) is 6.92 Å². The standard InChI is InChI=1S/C27H29ClN8O2S/c1-4-14-11-29-22-21-16-5-8-20(32-18(16)6-7-19(21)39-23(22)25(37)31-14)33-24-17(12-30-27(28)34-24)26(38)36-10-9-15(13-36)35(2)3/h5-8,12,14-15,29H,4,9-11,13H2,1-3H3,(H,31,37)(H,30,32,33,34)/t14-,15-/m1/s1. The summed E-state index contributed by atoms with van der Waals surface area (Å²) in [5.41, 5.74) is 1.96. The predicted molar refractivity (Wildman–Crippen MR) is 155 cm³/mol. The summed E-state index contributed by atoms with van der Waals surface area (Å²) < 4.78 is 1.02. The quantitative estimate of drug-likeness (QED) is 0.307. The van der Waals surface area contributed by atoms with E-state index in [-0.39, 0.29) is 23.1 Å². The average molecular weight is 565 g/mol. The fourth-order valence-electron chi connectivity index (χ4n) is 5.22. The molecular weight excluding hydrogens is 536 g/mol. The van der Waals surface area contributed by atoms with Gasteiger partial charge in [-0.3, -0.25) is 9.59 Å². The van der Waals surface area contributed by atoms with Crippen LogP contribution in [-0.4, -0.2) is 82.4 Å². The Bertz CT molecular complexity index is 1610. The summed E-state index contributed by atoms with van der Waals surface area (Å²) in [6.07, 6.45) is 3.24. The minimum atomic E-state index is -0.142. The number of likely N-dealkylation sites (tertiary alicyclic amines) is 1. The molecule has 0 bridgehead atoms. The molecule has 2 aliphatic heterocycles. The summed E-state index contributed by atoms with van der Waals surface area (Å²) in [6.45, 7) is 4.05. The maximum atomic E-state index is 13.4. The smallest absolute Gasteiger partial charge is 0.263 e. The molecule has 2 amide bonds. The molecular formula is C27H29ClN8O2S. The highest BCUT2D eigenvalue weighted by Gasteiger charge is 2.30. The van der Waals surface area contributed by atoms with Crippen molar-refractivity contribution >= 4 is 73.1 Å². The Morgan fingerprint density at radius 1 is 1.26 bits per heavy atom. The number of likely N-dealkylation sites (N-methyl/N-ethyl adjacent to an activating group) is 1. The Balaban J connectivity index is 1.33. The number of aromatic nitrogens is 3. The minimum Gasteiger partial charge on any atom is -0.381 e. The van der Waals surface area contributed by atoms with Gasteiger partial charge >= 0.3 is 0 Å². The van der Waals surface area contributed by atoms with Crippen LogP contribution >= 0.6 is 22.9 Å². The third-order valence-electron chi connectivity index (χ3n) is 7.50. The number of anilines is 3. The van der Waals surface area contributed by atoms with Crippen LogP contribution in [0.3, 0.4) is 0 Å². The number of halogens is 1. The normalized spacial score (nSPS) is 19.2. The first-order valence-electron chi connectivity index (χ1n) is 13.0. The fourth-order valence-corrected chi connectivity index (χ4v) is 6.46. The second kappa shape index (κ2) is 10.2. The summed E-state index contributed by atoms with van der Waals surface area (Å²) in [6, 6.07) is 8.16. The van der Waals surface area contributed by atoms with Gasteiger partial charge in [0.25, 0.3) is 11.8 Å². The van der Waals surface area contributed by atoms with E-state index in [1.54, 1.807) is 0 Å². The van der Waals surface area contributed by atoms with Gasteiger partial charge < -0.3 is 25.8 Å². The van der Waals surface area contributed by atoms with Crippen molar-refractivity contribution in [3.8, 4) is 0 Å². The van der Waals surface area contributed by atoms with Crippen molar-refractivity contribution in [2.75, 3.05) is 44.4 Å². The van der Waals surface area contributed by atoms with Crippen molar-refractivity contribution in [2.45, 2.75) is 31.8 Å². The molecule has 1 aromatic carbocycles. The van der Waals surface area contributed by atoms with Crippen LogP contribution in [-0.2, 0) is 0 Å². The summed E-state index contributed by atoms with van der Waals surface area (Å²) in [5.74, 6) is 0.651. The Morgan fingerprint density at radius 2 is 2.10 bits per heavy atom. The van der Waals surface area contributed by atoms with Crippen molar-refractivity contribution in [1.82, 2.24) is 30.1 Å². The Hall–Kier alpha value is -3.54. The predicted octanol–water partition coefficient (Wildman–Crippen LogP) is 4.35. The van der Waals surface area contributed by atoms with Gasteiger partial charge in [0.2, 0.25) is 5.28 Å². The van der Waals surface area contributed by atoms with Crippen LogP contribution in [0.1, 0.15) is 39.8 Å². The van der Waals surface area contributed by atoms with E-state index in [2.05, 4.69) is 37.7 Å². The minimum absolute atomic E-state index is 0.0415. The van der Waals surface area contributed by atoms with E-state index >= 15 is 0 Å². The SMILES string of the molecule is CC[C@@H]1CNc2c(sc3ccc4nc(Nc5nc(Cl)ncc5C(=O)N5CC[C@@H](N(C)C)C5)ccc4c23)C(=O)N1. The fraction of sp³-hybridized carbons (Fsp3) is 0.370. The largest absolute Gasteiger partial charge is 0.381 e. The first-order valence-corrected chi connectivity index (χ1v) is 14.2. The molecule has 0 aliphatic carbocycles. The lowest BCUT2D eigenvalue weighted by Crippen LogP contribution is -2.36. The van der Waals surface area contributed by atoms with Crippen LogP contribution in [0.5, 0.6) is 0 Å². The first-order chi connectivity index (χ1) is 18.8. The second-order valence-electron chi connectivity index (χ2n) is 10.2. The molecule has 202 valence electrons. The van der Waals surface area contributed by atoms with Crippen molar-refractivity contribution in [3.05, 3.63) is 46.2 Å². The van der Waals surface area contributed by atoms with E-state index in [1.807, 2.05) is 43.3 Å². The number of hydrogen-bond donors (Lipinski definition) is 3. The maximum absolute atomic E-state index is 13.4. The lowest BCUT2D eigenvalue weighted by molar-refractivity contribution is 0.0783. The van der Waals surface area contributed by atoms with Crippen LogP contribution in [0.25, 0.3) is 21.0 Å². The van der Waals surface area contributed by atoms with Gasteiger partial charge in [0.05, 0.1) is 11.2 Å². The van der Waals surface area contributed by atoms with Crippen LogP contribution in [0, 0.1) is 0 Å². The first kappa shape index (κ1) is 25.7. The van der Waals surface area contributed by atoms with Gasteiger partial charge in [-0.2, -0.15) is 4.98 Å². The van der Waals surface area contributed by atoms with Crippen molar-refractivity contribution in [3.63, 3.8) is 0 Å². The van der Waals surface area contributed by atoms with Gasteiger partial charge in [0.15, 0.2) is 0 Å². The van der Waals surface area contributed by atoms with E-state index in [9.17, 15) is 9.59 Å². The lowest BCUT2D eigenvalue weighted by Gasteiger charge is -2.21. The topological polar surface area (TPSA) is 115 Å². The Kier molecular flexibility index (Phi) is 6.74. The number of nitrogens with one attached hydrogen (secondary N) is 3. The number of fused-ring (bicyclic) bond motifs is 5. The van der Waals surface area contributed by atoms with E-state index in [4.69, 9.17) is 16.6 Å². The molecule has 2 aliphatic rings. The summed E-state index contributed by atoms with van der Waals surface area (Å²) >= 11 is 7.60.